The zero-order valence-electron chi connectivity index (χ0n) is 19.3. The molecular formula is C27H25N3O4S. The average Bonchev–Trinajstić information content (AvgIpc) is 3.53. The van der Waals surface area contributed by atoms with Crippen LogP contribution in [0.4, 0.5) is 5.00 Å². The summed E-state index contributed by atoms with van der Waals surface area (Å²) in [7, 11) is 1.60. The molecule has 7 nitrogen and oxygen atoms in total. The Morgan fingerprint density at radius 1 is 1.03 bits per heavy atom. The van der Waals surface area contributed by atoms with Crippen LogP contribution in [0.2, 0.25) is 0 Å². The van der Waals surface area contributed by atoms with E-state index in [2.05, 4.69) is 15.8 Å². The van der Waals surface area contributed by atoms with Gasteiger partial charge in [-0.1, -0.05) is 35.5 Å². The van der Waals surface area contributed by atoms with Crippen LogP contribution in [-0.4, -0.2) is 24.1 Å². The van der Waals surface area contributed by atoms with Gasteiger partial charge in [-0.15, -0.1) is 11.3 Å². The van der Waals surface area contributed by atoms with Crippen LogP contribution in [0, 0.1) is 0 Å². The minimum absolute atomic E-state index is 0.151. The molecule has 2 amide bonds. The highest BCUT2D eigenvalue weighted by Gasteiger charge is 2.27. The SMILES string of the molecule is COc1ccc(-c2cc(C(=O)Nc3sc4c(c3C(=O)NCc3ccccc3)CCCC4)no2)cc1. The molecule has 5 rings (SSSR count). The van der Waals surface area contributed by atoms with Crippen LogP contribution in [0.1, 0.15) is 49.7 Å². The fraction of sp³-hybridized carbons (Fsp3) is 0.222. The lowest BCUT2D eigenvalue weighted by Gasteiger charge is -2.13. The molecule has 0 fully saturated rings. The first-order chi connectivity index (χ1) is 17.1. The van der Waals surface area contributed by atoms with Crippen LogP contribution in [0.15, 0.2) is 65.2 Å². The number of carbonyl (C=O) groups is 2. The quantitative estimate of drug-likeness (QED) is 0.360. The van der Waals surface area contributed by atoms with Gasteiger partial charge in [-0.2, -0.15) is 0 Å². The lowest BCUT2D eigenvalue weighted by molar-refractivity contribution is 0.0951. The summed E-state index contributed by atoms with van der Waals surface area (Å²) in [5.74, 6) is 0.613. The maximum absolute atomic E-state index is 13.2. The van der Waals surface area contributed by atoms with Crippen molar-refractivity contribution in [2.75, 3.05) is 12.4 Å². The summed E-state index contributed by atoms with van der Waals surface area (Å²) >= 11 is 1.48. The summed E-state index contributed by atoms with van der Waals surface area (Å²) in [4.78, 5) is 27.4. The number of benzene rings is 2. The molecule has 2 aromatic carbocycles. The Bertz CT molecular complexity index is 1340. The molecule has 178 valence electrons. The normalized spacial score (nSPS) is 12.6. The zero-order chi connectivity index (χ0) is 24.2. The van der Waals surface area contributed by atoms with E-state index in [1.54, 1.807) is 13.2 Å². The number of hydrogen-bond donors (Lipinski definition) is 2. The molecule has 0 atom stereocenters. The second-order valence-corrected chi connectivity index (χ2v) is 9.45. The third-order valence-electron chi connectivity index (χ3n) is 6.04. The third-order valence-corrected chi connectivity index (χ3v) is 7.25. The third kappa shape index (κ3) is 4.97. The van der Waals surface area contributed by atoms with E-state index in [1.807, 2.05) is 54.6 Å². The molecule has 0 unspecified atom stereocenters. The van der Waals surface area contributed by atoms with Gasteiger partial charge in [0.2, 0.25) is 0 Å². The van der Waals surface area contributed by atoms with Crippen molar-refractivity contribution in [1.29, 1.82) is 0 Å². The number of nitrogens with zero attached hydrogens (tertiary/aromatic N) is 1. The molecule has 4 aromatic rings. The number of carbonyl (C=O) groups excluding carboxylic acids is 2. The highest BCUT2D eigenvalue weighted by Crippen LogP contribution is 2.38. The molecule has 8 heteroatoms. The standard InChI is InChI=1S/C27H25N3O4S/c1-33-19-13-11-18(12-14-19)22-15-21(30-34-22)25(31)29-27-24(20-9-5-6-10-23(20)35-27)26(32)28-16-17-7-3-2-4-8-17/h2-4,7-8,11-15H,5-6,9-10,16H2,1H3,(H,28,32)(H,29,31). The van der Waals surface area contributed by atoms with Crippen molar-refractivity contribution in [2.45, 2.75) is 32.2 Å². The van der Waals surface area contributed by atoms with E-state index in [-0.39, 0.29) is 11.6 Å². The van der Waals surface area contributed by atoms with Crippen molar-refractivity contribution in [1.82, 2.24) is 10.5 Å². The molecule has 0 saturated carbocycles. The van der Waals surface area contributed by atoms with E-state index < -0.39 is 5.91 Å². The molecule has 2 N–H and O–H groups in total. The number of rotatable bonds is 7. The van der Waals surface area contributed by atoms with Crippen molar-refractivity contribution in [3.63, 3.8) is 0 Å². The van der Waals surface area contributed by atoms with Crippen molar-refractivity contribution < 1.29 is 18.8 Å². The van der Waals surface area contributed by atoms with Gasteiger partial charge in [-0.3, -0.25) is 9.59 Å². The van der Waals surface area contributed by atoms with Crippen molar-refractivity contribution >= 4 is 28.2 Å². The minimum Gasteiger partial charge on any atom is -0.497 e. The molecule has 0 bridgehead atoms. The fourth-order valence-electron chi connectivity index (χ4n) is 4.20. The first-order valence-corrected chi connectivity index (χ1v) is 12.3. The summed E-state index contributed by atoms with van der Waals surface area (Å²) in [6.07, 6.45) is 3.87. The highest BCUT2D eigenvalue weighted by atomic mass is 32.1. The highest BCUT2D eigenvalue weighted by molar-refractivity contribution is 7.17. The lowest BCUT2D eigenvalue weighted by atomic mass is 9.95. The first kappa shape index (κ1) is 22.9. The van der Waals surface area contributed by atoms with Crippen LogP contribution in [0.5, 0.6) is 5.75 Å². The number of anilines is 1. The van der Waals surface area contributed by atoms with Crippen molar-refractivity contribution in [3.8, 4) is 17.1 Å². The molecule has 0 saturated heterocycles. The van der Waals surface area contributed by atoms with Crippen LogP contribution < -0.4 is 15.4 Å². The Morgan fingerprint density at radius 3 is 2.57 bits per heavy atom. The van der Waals surface area contributed by atoms with Crippen LogP contribution in [0.25, 0.3) is 11.3 Å². The maximum atomic E-state index is 13.2. The minimum atomic E-state index is -0.413. The van der Waals surface area contributed by atoms with Crippen molar-refractivity contribution in [2.24, 2.45) is 0 Å². The van der Waals surface area contributed by atoms with E-state index in [0.29, 0.717) is 22.9 Å². The number of thiophene rings is 1. The number of aromatic nitrogens is 1. The number of amides is 2. The van der Waals surface area contributed by atoms with E-state index in [9.17, 15) is 9.59 Å². The summed E-state index contributed by atoms with van der Waals surface area (Å²) in [6, 6.07) is 18.7. The summed E-state index contributed by atoms with van der Waals surface area (Å²) in [6.45, 7) is 0.423. The second kappa shape index (κ2) is 10.1. The monoisotopic (exact) mass is 487 g/mol. The van der Waals surface area contributed by atoms with E-state index in [1.165, 1.54) is 11.3 Å². The fourth-order valence-corrected chi connectivity index (χ4v) is 5.48. The summed E-state index contributed by atoms with van der Waals surface area (Å²) < 4.78 is 10.6. The molecule has 0 spiro atoms. The lowest BCUT2D eigenvalue weighted by Crippen LogP contribution is -2.25. The Balaban J connectivity index is 1.36. The predicted octanol–water partition coefficient (Wildman–Crippen LogP) is 5.47. The Morgan fingerprint density at radius 2 is 1.80 bits per heavy atom. The number of hydrogen-bond acceptors (Lipinski definition) is 6. The van der Waals surface area contributed by atoms with Gasteiger partial charge in [0.1, 0.15) is 10.8 Å². The number of nitrogens with one attached hydrogen (secondary N) is 2. The maximum Gasteiger partial charge on any atom is 0.278 e. The predicted molar refractivity (Wildman–Crippen MR) is 135 cm³/mol. The van der Waals surface area contributed by atoms with Gasteiger partial charge in [-0.25, -0.2) is 0 Å². The molecule has 35 heavy (non-hydrogen) atoms. The summed E-state index contributed by atoms with van der Waals surface area (Å²) in [5, 5.41) is 10.4. The largest absolute Gasteiger partial charge is 0.497 e. The van der Waals surface area contributed by atoms with Crippen molar-refractivity contribution in [3.05, 3.63) is 87.9 Å². The van der Waals surface area contributed by atoms with Gasteiger partial charge < -0.3 is 19.9 Å². The number of ether oxygens (including phenoxy) is 1. The number of aryl methyl sites for hydroxylation is 1. The first-order valence-electron chi connectivity index (χ1n) is 11.5. The van der Waals surface area contributed by atoms with Gasteiger partial charge in [0.15, 0.2) is 11.5 Å². The van der Waals surface area contributed by atoms with Gasteiger partial charge in [0.05, 0.1) is 12.7 Å². The van der Waals surface area contributed by atoms with Crippen LogP contribution in [-0.2, 0) is 19.4 Å². The molecule has 1 aliphatic carbocycles. The van der Waals surface area contributed by atoms with Gasteiger partial charge in [-0.05, 0) is 61.1 Å². The van der Waals surface area contributed by atoms with Gasteiger partial charge in [0.25, 0.3) is 11.8 Å². The Hall–Kier alpha value is -3.91. The second-order valence-electron chi connectivity index (χ2n) is 8.34. The smallest absolute Gasteiger partial charge is 0.278 e. The van der Waals surface area contributed by atoms with E-state index >= 15 is 0 Å². The number of fused-ring (bicyclic) bond motifs is 1. The van der Waals surface area contributed by atoms with Crippen LogP contribution >= 0.6 is 11.3 Å². The molecule has 2 aromatic heterocycles. The summed E-state index contributed by atoms with van der Waals surface area (Å²) in [5.41, 5.74) is 3.56. The number of methoxy groups -OCH3 is 1. The zero-order valence-corrected chi connectivity index (χ0v) is 20.1. The van der Waals surface area contributed by atoms with Gasteiger partial charge >= 0.3 is 0 Å². The Labute approximate surface area is 207 Å². The topological polar surface area (TPSA) is 93.5 Å². The van der Waals surface area contributed by atoms with Crippen LogP contribution in [0.3, 0.4) is 0 Å². The Kier molecular flexibility index (Phi) is 6.63. The average molecular weight is 488 g/mol. The van der Waals surface area contributed by atoms with Gasteiger partial charge in [0, 0.05) is 23.1 Å². The molecule has 2 heterocycles. The van der Waals surface area contributed by atoms with E-state index in [0.717, 1.165) is 53.0 Å². The molecule has 0 aliphatic heterocycles. The molecule has 0 radical (unpaired) electrons. The molecular weight excluding hydrogens is 462 g/mol. The van der Waals surface area contributed by atoms with E-state index in [4.69, 9.17) is 9.26 Å². The molecule has 1 aliphatic rings.